The van der Waals surface area contributed by atoms with Crippen LogP contribution < -0.4 is 14.8 Å². The van der Waals surface area contributed by atoms with E-state index in [0.717, 1.165) is 34.9 Å². The SMILES string of the molecule is COc1ccc(C(=O)Nc2nc(-c3cccc4ccccc34)cs2)cc1S(=O)(=O)NC1CC1. The number of benzene rings is 3. The van der Waals surface area contributed by atoms with Gasteiger partial charge in [-0.1, -0.05) is 42.5 Å². The number of nitrogens with zero attached hydrogens (tertiary/aromatic N) is 1. The van der Waals surface area contributed by atoms with Gasteiger partial charge in [0.25, 0.3) is 5.91 Å². The number of rotatable bonds is 7. The van der Waals surface area contributed by atoms with Crippen molar-refractivity contribution in [3.8, 4) is 17.0 Å². The second-order valence-corrected chi connectivity index (χ2v) is 10.3. The summed E-state index contributed by atoms with van der Waals surface area (Å²) in [6, 6.07) is 18.4. The molecule has 4 aromatic rings. The summed E-state index contributed by atoms with van der Waals surface area (Å²) in [5, 5.41) is 7.29. The topological polar surface area (TPSA) is 97.4 Å². The van der Waals surface area contributed by atoms with Crippen LogP contribution in [0.2, 0.25) is 0 Å². The van der Waals surface area contributed by atoms with E-state index in [1.165, 1.54) is 36.6 Å². The zero-order valence-corrected chi connectivity index (χ0v) is 19.4. The van der Waals surface area contributed by atoms with E-state index in [2.05, 4.69) is 15.0 Å². The molecule has 7 nitrogen and oxygen atoms in total. The molecule has 0 spiro atoms. The molecule has 9 heteroatoms. The van der Waals surface area contributed by atoms with Gasteiger partial charge in [-0.3, -0.25) is 10.1 Å². The Hall–Kier alpha value is -3.27. The summed E-state index contributed by atoms with van der Waals surface area (Å²) in [6.07, 6.45) is 1.62. The maximum absolute atomic E-state index is 12.9. The van der Waals surface area contributed by atoms with Crippen LogP contribution in [0.1, 0.15) is 23.2 Å². The number of sulfonamides is 1. The van der Waals surface area contributed by atoms with Crippen LogP contribution in [0.3, 0.4) is 0 Å². The molecule has 1 fully saturated rings. The lowest BCUT2D eigenvalue weighted by Crippen LogP contribution is -2.26. The molecule has 1 aliphatic carbocycles. The smallest absolute Gasteiger partial charge is 0.257 e. The fourth-order valence-electron chi connectivity index (χ4n) is 3.58. The van der Waals surface area contributed by atoms with Crippen molar-refractivity contribution in [2.75, 3.05) is 12.4 Å². The number of fused-ring (bicyclic) bond motifs is 1. The highest BCUT2D eigenvalue weighted by atomic mass is 32.2. The van der Waals surface area contributed by atoms with Crippen molar-refractivity contribution in [1.29, 1.82) is 0 Å². The molecular formula is C24H21N3O4S2. The Bertz CT molecular complexity index is 1450. The third-order valence-electron chi connectivity index (χ3n) is 5.40. The van der Waals surface area contributed by atoms with Crippen molar-refractivity contribution >= 4 is 43.2 Å². The van der Waals surface area contributed by atoms with E-state index in [9.17, 15) is 13.2 Å². The van der Waals surface area contributed by atoms with Crippen LogP contribution in [0.15, 0.2) is 70.9 Å². The Morgan fingerprint density at radius 3 is 2.67 bits per heavy atom. The van der Waals surface area contributed by atoms with Gasteiger partial charge >= 0.3 is 0 Å². The average molecular weight is 480 g/mol. The summed E-state index contributed by atoms with van der Waals surface area (Å²) in [5.41, 5.74) is 1.95. The van der Waals surface area contributed by atoms with Crippen molar-refractivity contribution in [2.24, 2.45) is 0 Å². The second kappa shape index (κ2) is 8.58. The highest BCUT2D eigenvalue weighted by Crippen LogP contribution is 2.32. The first kappa shape index (κ1) is 21.6. The Morgan fingerprint density at radius 2 is 1.88 bits per heavy atom. The van der Waals surface area contributed by atoms with Gasteiger partial charge in [-0.05, 0) is 41.8 Å². The standard InChI is InChI=1S/C24H21N3O4S2/c1-31-21-12-9-16(13-22(21)33(29,30)27-17-10-11-17)23(28)26-24-25-20(14-32-24)19-8-4-6-15-5-2-3-7-18(15)19/h2-9,12-14,17,27H,10-11H2,1H3,(H,25,26,28). The van der Waals surface area contributed by atoms with E-state index in [1.54, 1.807) is 0 Å². The van der Waals surface area contributed by atoms with Gasteiger partial charge < -0.3 is 4.74 Å². The number of ether oxygens (including phenoxy) is 1. The summed E-state index contributed by atoms with van der Waals surface area (Å²) < 4.78 is 33.3. The Kier molecular flexibility index (Phi) is 5.61. The fourth-order valence-corrected chi connectivity index (χ4v) is 5.79. The van der Waals surface area contributed by atoms with Gasteiger partial charge in [0.2, 0.25) is 10.0 Å². The monoisotopic (exact) mass is 479 g/mol. The molecular weight excluding hydrogens is 458 g/mol. The number of aromatic nitrogens is 1. The fraction of sp³-hybridized carbons (Fsp3) is 0.167. The molecule has 1 heterocycles. The number of anilines is 1. The maximum Gasteiger partial charge on any atom is 0.257 e. The first-order valence-electron chi connectivity index (χ1n) is 10.4. The van der Waals surface area contributed by atoms with E-state index < -0.39 is 15.9 Å². The first-order valence-corrected chi connectivity index (χ1v) is 12.8. The Balaban J connectivity index is 1.40. The van der Waals surface area contributed by atoms with Crippen LogP contribution in [0.25, 0.3) is 22.0 Å². The minimum Gasteiger partial charge on any atom is -0.495 e. The summed E-state index contributed by atoms with van der Waals surface area (Å²) in [7, 11) is -2.39. The van der Waals surface area contributed by atoms with Crippen LogP contribution in [0, 0.1) is 0 Å². The lowest BCUT2D eigenvalue weighted by atomic mass is 10.0. The first-order chi connectivity index (χ1) is 15.9. The average Bonchev–Trinajstić information content (AvgIpc) is 3.51. The Morgan fingerprint density at radius 1 is 1.09 bits per heavy atom. The zero-order chi connectivity index (χ0) is 23.0. The molecule has 0 radical (unpaired) electrons. The van der Waals surface area contributed by atoms with Crippen molar-refractivity contribution in [1.82, 2.24) is 9.71 Å². The summed E-state index contributed by atoms with van der Waals surface area (Å²) in [5.74, 6) is -0.258. The number of carbonyl (C=O) groups excluding carboxylic acids is 1. The van der Waals surface area contributed by atoms with Gasteiger partial charge in [-0.2, -0.15) is 0 Å². The number of hydrogen-bond acceptors (Lipinski definition) is 6. The number of hydrogen-bond donors (Lipinski definition) is 2. The predicted octanol–water partition coefficient (Wildman–Crippen LogP) is 4.66. The lowest BCUT2D eigenvalue weighted by molar-refractivity contribution is 0.102. The van der Waals surface area contributed by atoms with Crippen LogP contribution in [-0.4, -0.2) is 32.5 Å². The number of thiazole rings is 1. The van der Waals surface area contributed by atoms with Gasteiger partial charge in [-0.25, -0.2) is 18.1 Å². The molecule has 1 aromatic heterocycles. The van der Waals surface area contributed by atoms with E-state index in [1.807, 2.05) is 47.8 Å². The van der Waals surface area contributed by atoms with Gasteiger partial charge in [0.1, 0.15) is 10.6 Å². The van der Waals surface area contributed by atoms with E-state index >= 15 is 0 Å². The quantitative estimate of drug-likeness (QED) is 0.402. The van der Waals surface area contributed by atoms with Crippen molar-refractivity contribution in [3.63, 3.8) is 0 Å². The molecule has 0 atom stereocenters. The molecule has 0 bridgehead atoms. The van der Waals surface area contributed by atoms with E-state index in [-0.39, 0.29) is 22.3 Å². The van der Waals surface area contributed by atoms with Crippen LogP contribution in [0.4, 0.5) is 5.13 Å². The third-order valence-corrected chi connectivity index (χ3v) is 7.70. The number of carbonyl (C=O) groups is 1. The van der Waals surface area contributed by atoms with Crippen molar-refractivity contribution in [2.45, 2.75) is 23.8 Å². The molecule has 1 amide bonds. The summed E-state index contributed by atoms with van der Waals surface area (Å²) >= 11 is 1.31. The number of nitrogens with one attached hydrogen (secondary N) is 2. The molecule has 2 N–H and O–H groups in total. The molecule has 1 saturated carbocycles. The third kappa shape index (κ3) is 4.47. The molecule has 5 rings (SSSR count). The molecule has 0 aliphatic heterocycles. The highest BCUT2D eigenvalue weighted by Gasteiger charge is 2.30. The van der Waals surface area contributed by atoms with E-state index in [4.69, 9.17) is 4.74 Å². The molecule has 168 valence electrons. The molecule has 33 heavy (non-hydrogen) atoms. The predicted molar refractivity (Wildman–Crippen MR) is 129 cm³/mol. The lowest BCUT2D eigenvalue weighted by Gasteiger charge is -2.12. The molecule has 1 aliphatic rings. The van der Waals surface area contributed by atoms with Gasteiger partial charge in [0.15, 0.2) is 5.13 Å². The van der Waals surface area contributed by atoms with E-state index in [0.29, 0.717) is 5.13 Å². The van der Waals surface area contributed by atoms with Crippen molar-refractivity contribution in [3.05, 3.63) is 71.6 Å². The zero-order valence-electron chi connectivity index (χ0n) is 17.7. The largest absolute Gasteiger partial charge is 0.495 e. The normalized spacial score (nSPS) is 13.7. The van der Waals surface area contributed by atoms with Gasteiger partial charge in [0.05, 0.1) is 12.8 Å². The van der Waals surface area contributed by atoms with Gasteiger partial charge in [-0.15, -0.1) is 11.3 Å². The number of methoxy groups -OCH3 is 1. The van der Waals surface area contributed by atoms with Gasteiger partial charge in [0, 0.05) is 22.5 Å². The van der Waals surface area contributed by atoms with Crippen LogP contribution in [-0.2, 0) is 10.0 Å². The molecule has 0 unspecified atom stereocenters. The Labute approximate surface area is 195 Å². The summed E-state index contributed by atoms with van der Waals surface area (Å²) in [6.45, 7) is 0. The highest BCUT2D eigenvalue weighted by molar-refractivity contribution is 7.89. The number of amides is 1. The van der Waals surface area contributed by atoms with Crippen LogP contribution in [0.5, 0.6) is 5.75 Å². The summed E-state index contributed by atoms with van der Waals surface area (Å²) in [4.78, 5) is 17.4. The van der Waals surface area contributed by atoms with Crippen molar-refractivity contribution < 1.29 is 17.9 Å². The maximum atomic E-state index is 12.9. The molecule has 3 aromatic carbocycles. The second-order valence-electron chi connectivity index (χ2n) is 7.78. The molecule has 0 saturated heterocycles. The minimum absolute atomic E-state index is 0.0554. The van der Waals surface area contributed by atoms with Crippen LogP contribution >= 0.6 is 11.3 Å². The minimum atomic E-state index is -3.79.